The fourth-order valence-electron chi connectivity index (χ4n) is 4.10. The molecule has 160 valence electrons. The summed E-state index contributed by atoms with van der Waals surface area (Å²) in [6.45, 7) is 3.84. The van der Waals surface area contributed by atoms with Crippen molar-refractivity contribution in [1.82, 2.24) is 24.0 Å². The molecule has 9 heteroatoms. The Kier molecular flexibility index (Phi) is 5.37. The lowest BCUT2D eigenvalue weighted by molar-refractivity contribution is 0.221. The predicted octanol–water partition coefficient (Wildman–Crippen LogP) is 3.57. The normalized spacial score (nSPS) is 16.2. The summed E-state index contributed by atoms with van der Waals surface area (Å²) in [5.74, 6) is 1.79. The lowest BCUT2D eigenvalue weighted by Crippen LogP contribution is -2.34. The van der Waals surface area contributed by atoms with Gasteiger partial charge in [-0.25, -0.2) is 18.9 Å². The average Bonchev–Trinajstić information content (AvgIpc) is 3.40. The van der Waals surface area contributed by atoms with Crippen molar-refractivity contribution in [2.24, 2.45) is 5.92 Å². The number of aliphatic hydroxyl groups excluding tert-OH is 1. The Bertz CT molecular complexity index is 1180. The van der Waals surface area contributed by atoms with E-state index in [0.717, 1.165) is 49.1 Å². The first-order valence-corrected chi connectivity index (χ1v) is 11.2. The number of hydrogen-bond donors (Lipinski definition) is 1. The fourth-order valence-corrected chi connectivity index (χ4v) is 4.82. The molecule has 1 aliphatic rings. The van der Waals surface area contributed by atoms with E-state index >= 15 is 0 Å². The quantitative estimate of drug-likeness (QED) is 0.513. The summed E-state index contributed by atoms with van der Waals surface area (Å²) in [5, 5.41) is 16.5. The first kappa shape index (κ1) is 20.0. The number of hydrogen-bond acceptors (Lipinski definition) is 7. The highest BCUT2D eigenvalue weighted by atomic mass is 32.1. The zero-order chi connectivity index (χ0) is 21.4. The third-order valence-corrected chi connectivity index (χ3v) is 6.66. The van der Waals surface area contributed by atoms with Gasteiger partial charge in [0.05, 0.1) is 0 Å². The van der Waals surface area contributed by atoms with Gasteiger partial charge in [0.15, 0.2) is 11.5 Å². The van der Waals surface area contributed by atoms with Crippen LogP contribution in [0.2, 0.25) is 0 Å². The third kappa shape index (κ3) is 4.15. The molecular weight excluding hydrogens is 415 g/mol. The average molecular weight is 439 g/mol. The van der Waals surface area contributed by atoms with Crippen LogP contribution in [-0.4, -0.2) is 42.2 Å². The van der Waals surface area contributed by atoms with E-state index in [1.54, 1.807) is 16.6 Å². The minimum atomic E-state index is -0.889. The van der Waals surface area contributed by atoms with Crippen LogP contribution in [0, 0.1) is 18.7 Å². The molecule has 1 fully saturated rings. The second-order valence-electron chi connectivity index (χ2n) is 7.97. The predicted molar refractivity (Wildman–Crippen MR) is 117 cm³/mol. The molecule has 5 rings (SSSR count). The number of aryl methyl sites for hydroxylation is 1. The lowest BCUT2D eigenvalue weighted by Gasteiger charge is -2.30. The van der Waals surface area contributed by atoms with Crippen LogP contribution >= 0.6 is 11.5 Å². The Labute approximate surface area is 183 Å². The van der Waals surface area contributed by atoms with E-state index in [9.17, 15) is 9.50 Å². The van der Waals surface area contributed by atoms with Crippen molar-refractivity contribution < 1.29 is 9.50 Å². The maximum absolute atomic E-state index is 13.2. The van der Waals surface area contributed by atoms with Crippen molar-refractivity contribution in [3.63, 3.8) is 0 Å². The molecule has 0 saturated carbocycles. The van der Waals surface area contributed by atoms with E-state index in [-0.39, 0.29) is 5.82 Å². The van der Waals surface area contributed by atoms with Gasteiger partial charge in [-0.15, -0.1) is 0 Å². The van der Waals surface area contributed by atoms with E-state index in [4.69, 9.17) is 4.98 Å². The number of benzene rings is 1. The van der Waals surface area contributed by atoms with Gasteiger partial charge in [0, 0.05) is 42.8 Å². The van der Waals surface area contributed by atoms with Crippen molar-refractivity contribution in [3.05, 3.63) is 71.2 Å². The van der Waals surface area contributed by atoms with Crippen LogP contribution in [0.15, 0.2) is 42.6 Å². The summed E-state index contributed by atoms with van der Waals surface area (Å²) in [5.41, 5.74) is 1.92. The molecule has 0 spiro atoms. The van der Waals surface area contributed by atoms with Gasteiger partial charge in [0.1, 0.15) is 17.7 Å². The molecule has 31 heavy (non-hydrogen) atoms. The molecule has 1 aromatic carbocycles. The molecule has 3 aromatic heterocycles. The first-order valence-electron chi connectivity index (χ1n) is 10.4. The van der Waals surface area contributed by atoms with Gasteiger partial charge in [-0.1, -0.05) is 18.2 Å². The zero-order valence-corrected chi connectivity index (χ0v) is 18.0. The molecular formula is C22H23FN6OS. The molecule has 4 heterocycles. The molecule has 1 atom stereocenters. The van der Waals surface area contributed by atoms with Crippen molar-refractivity contribution >= 4 is 22.3 Å². The third-order valence-electron chi connectivity index (χ3n) is 5.79. The van der Waals surface area contributed by atoms with Gasteiger partial charge in [-0.2, -0.15) is 9.47 Å². The number of pyridine rings is 1. The molecule has 0 aliphatic carbocycles. The summed E-state index contributed by atoms with van der Waals surface area (Å²) < 4.78 is 19.2. The van der Waals surface area contributed by atoms with Crippen molar-refractivity contribution in [2.45, 2.75) is 32.3 Å². The second kappa shape index (κ2) is 8.32. The largest absolute Gasteiger partial charge is 0.384 e. The van der Waals surface area contributed by atoms with Gasteiger partial charge in [-0.3, -0.25) is 0 Å². The maximum Gasteiger partial charge on any atom is 0.205 e. The van der Waals surface area contributed by atoms with Crippen LogP contribution in [0.25, 0.3) is 5.65 Å². The van der Waals surface area contributed by atoms with Gasteiger partial charge < -0.3 is 10.0 Å². The number of anilines is 1. The minimum Gasteiger partial charge on any atom is -0.384 e. The highest BCUT2D eigenvalue weighted by molar-refractivity contribution is 7.09. The Balaban J connectivity index is 1.30. The van der Waals surface area contributed by atoms with Crippen LogP contribution in [-0.2, 0) is 6.42 Å². The molecule has 1 unspecified atom stereocenters. The van der Waals surface area contributed by atoms with Crippen LogP contribution in [0.3, 0.4) is 0 Å². The second-order valence-corrected chi connectivity index (χ2v) is 8.70. The van der Waals surface area contributed by atoms with Crippen LogP contribution in [0.4, 0.5) is 9.52 Å². The van der Waals surface area contributed by atoms with Gasteiger partial charge in [0.25, 0.3) is 0 Å². The summed E-state index contributed by atoms with van der Waals surface area (Å²) >= 11 is 1.46. The smallest absolute Gasteiger partial charge is 0.205 e. The number of halogens is 1. The molecule has 7 nitrogen and oxygen atoms in total. The van der Waals surface area contributed by atoms with Crippen molar-refractivity contribution in [3.8, 4) is 0 Å². The lowest BCUT2D eigenvalue weighted by atomic mass is 9.93. The Morgan fingerprint density at radius 3 is 2.65 bits per heavy atom. The Hall–Kier alpha value is -2.91. The van der Waals surface area contributed by atoms with Crippen LogP contribution < -0.4 is 4.90 Å². The van der Waals surface area contributed by atoms with Gasteiger partial charge >= 0.3 is 0 Å². The highest BCUT2D eigenvalue weighted by Gasteiger charge is 2.24. The van der Waals surface area contributed by atoms with Gasteiger partial charge in [0.2, 0.25) is 5.13 Å². The molecule has 0 amide bonds. The molecule has 0 radical (unpaired) electrons. The number of aromatic nitrogens is 5. The van der Waals surface area contributed by atoms with E-state index in [1.807, 2.05) is 25.3 Å². The summed E-state index contributed by atoms with van der Waals surface area (Å²) in [6.07, 6.45) is 3.86. The zero-order valence-electron chi connectivity index (χ0n) is 17.1. The summed E-state index contributed by atoms with van der Waals surface area (Å²) in [6, 6.07) is 9.56. The molecule has 1 N–H and O–H groups in total. The summed E-state index contributed by atoms with van der Waals surface area (Å²) in [7, 11) is 0. The van der Waals surface area contributed by atoms with E-state index in [1.165, 1.54) is 23.7 Å². The topological polar surface area (TPSA) is 79.4 Å². The van der Waals surface area contributed by atoms with E-state index in [0.29, 0.717) is 22.7 Å². The van der Waals surface area contributed by atoms with Crippen molar-refractivity contribution in [2.75, 3.05) is 18.0 Å². The summed E-state index contributed by atoms with van der Waals surface area (Å²) in [4.78, 5) is 11.5. The van der Waals surface area contributed by atoms with Crippen LogP contribution in [0.5, 0.6) is 0 Å². The Morgan fingerprint density at radius 2 is 1.94 bits per heavy atom. The van der Waals surface area contributed by atoms with E-state index < -0.39 is 6.10 Å². The number of aliphatic hydroxyl groups is 1. The molecule has 0 bridgehead atoms. The maximum atomic E-state index is 13.2. The Morgan fingerprint density at radius 1 is 1.16 bits per heavy atom. The van der Waals surface area contributed by atoms with Gasteiger partial charge in [-0.05, 0) is 49.4 Å². The number of nitrogens with zero attached hydrogens (tertiary/aromatic N) is 6. The monoisotopic (exact) mass is 438 g/mol. The minimum absolute atomic E-state index is 0.328. The first-order chi connectivity index (χ1) is 15.1. The number of piperidine rings is 1. The highest BCUT2D eigenvalue weighted by Crippen LogP contribution is 2.28. The van der Waals surface area contributed by atoms with Crippen molar-refractivity contribution in [1.29, 1.82) is 0 Å². The number of rotatable bonds is 5. The molecule has 1 aliphatic heterocycles. The fraction of sp³-hybridized carbons (Fsp3) is 0.364. The standard InChI is InChI=1S/C22H23FN6OS/c1-14-24-22(31-27-14)28-11-8-15(9-12-28)13-19-25-21-18(3-2-10-29(21)26-19)20(30)16-4-6-17(23)7-5-16/h2-7,10,15,20,30H,8-9,11-13H2,1H3. The van der Waals surface area contributed by atoms with E-state index in [2.05, 4.69) is 19.4 Å². The number of fused-ring (bicyclic) bond motifs is 1. The van der Waals surface area contributed by atoms with Crippen LogP contribution in [0.1, 0.15) is 41.7 Å². The SMILES string of the molecule is Cc1nsc(N2CCC(Cc3nc4c(C(O)c5ccc(F)cc5)cccn4n3)CC2)n1. The molecule has 4 aromatic rings. The molecule has 1 saturated heterocycles.